The highest BCUT2D eigenvalue weighted by Gasteiger charge is 2.38. The summed E-state index contributed by atoms with van der Waals surface area (Å²) < 4.78 is 5.09. The molecule has 0 unspecified atom stereocenters. The zero-order chi connectivity index (χ0) is 15.7. The molecule has 2 amide bonds. The molecule has 22 heavy (non-hydrogen) atoms. The first-order valence-electron chi connectivity index (χ1n) is 8.05. The maximum Gasteiger partial charge on any atom is 0.225 e. The van der Waals surface area contributed by atoms with E-state index in [4.69, 9.17) is 4.52 Å². The lowest BCUT2D eigenvalue weighted by Gasteiger charge is -2.23. The highest BCUT2D eigenvalue weighted by Crippen LogP contribution is 2.29. The van der Waals surface area contributed by atoms with Crippen molar-refractivity contribution >= 4 is 11.8 Å². The number of aryl methyl sites for hydroxylation is 2. The number of carbonyl (C=O) groups is 2. The van der Waals surface area contributed by atoms with Crippen LogP contribution >= 0.6 is 0 Å². The summed E-state index contributed by atoms with van der Waals surface area (Å²) in [6.07, 6.45) is 4.89. The lowest BCUT2D eigenvalue weighted by molar-refractivity contribution is -0.130. The van der Waals surface area contributed by atoms with Crippen LogP contribution in [0.2, 0.25) is 0 Å². The minimum absolute atomic E-state index is 0.0474. The second-order valence-corrected chi connectivity index (χ2v) is 6.41. The van der Waals surface area contributed by atoms with Crippen LogP contribution in [0.25, 0.3) is 0 Å². The number of rotatable bonds is 4. The third-order valence-electron chi connectivity index (χ3n) is 4.92. The van der Waals surface area contributed by atoms with Crippen molar-refractivity contribution in [3.8, 4) is 0 Å². The molecule has 1 atom stereocenters. The number of hydrogen-bond acceptors (Lipinski definition) is 4. The van der Waals surface area contributed by atoms with Crippen molar-refractivity contribution in [2.24, 2.45) is 5.92 Å². The highest BCUT2D eigenvalue weighted by atomic mass is 16.5. The molecule has 0 bridgehead atoms. The molecule has 1 saturated carbocycles. The molecular formula is C16H23N3O3. The zero-order valence-corrected chi connectivity index (χ0v) is 13.2. The Morgan fingerprint density at radius 1 is 1.36 bits per heavy atom. The standard InChI is InChI=1S/C16H23N3O3/c1-10-14(11(2)22-18-10)8-17-16(21)12-7-15(20)19(9-12)13-5-3-4-6-13/h12-13H,3-9H2,1-2H3,(H,17,21)/t12-/m0/s1. The Bertz CT molecular complexity index is 556. The summed E-state index contributed by atoms with van der Waals surface area (Å²) in [5.41, 5.74) is 1.72. The van der Waals surface area contributed by atoms with E-state index in [0.717, 1.165) is 29.9 Å². The maximum absolute atomic E-state index is 12.3. The molecule has 1 saturated heterocycles. The molecule has 2 fully saturated rings. The molecule has 2 aliphatic rings. The van der Waals surface area contributed by atoms with E-state index in [2.05, 4.69) is 10.5 Å². The highest BCUT2D eigenvalue weighted by molar-refractivity contribution is 5.89. The number of carbonyl (C=O) groups excluding carboxylic acids is 2. The Balaban J connectivity index is 1.56. The van der Waals surface area contributed by atoms with Crippen molar-refractivity contribution < 1.29 is 14.1 Å². The second kappa shape index (κ2) is 6.10. The summed E-state index contributed by atoms with van der Waals surface area (Å²) in [6, 6.07) is 0.355. The van der Waals surface area contributed by atoms with Crippen molar-refractivity contribution in [3.05, 3.63) is 17.0 Å². The summed E-state index contributed by atoms with van der Waals surface area (Å²) in [6.45, 7) is 4.67. The van der Waals surface area contributed by atoms with Crippen molar-refractivity contribution in [1.29, 1.82) is 0 Å². The molecule has 0 radical (unpaired) electrons. The van der Waals surface area contributed by atoms with Crippen LogP contribution < -0.4 is 5.32 Å². The third kappa shape index (κ3) is 2.87. The summed E-state index contributed by atoms with van der Waals surface area (Å²) in [7, 11) is 0. The molecular weight excluding hydrogens is 282 g/mol. The maximum atomic E-state index is 12.3. The van der Waals surface area contributed by atoms with Crippen LogP contribution in [-0.4, -0.2) is 34.5 Å². The summed E-state index contributed by atoms with van der Waals surface area (Å²) in [4.78, 5) is 26.4. The van der Waals surface area contributed by atoms with Crippen LogP contribution in [-0.2, 0) is 16.1 Å². The van der Waals surface area contributed by atoms with Crippen LogP contribution in [0.1, 0.15) is 49.1 Å². The number of hydrogen-bond donors (Lipinski definition) is 1. The van der Waals surface area contributed by atoms with Gasteiger partial charge in [-0.25, -0.2) is 0 Å². The molecule has 1 aromatic rings. The van der Waals surface area contributed by atoms with Crippen molar-refractivity contribution in [2.45, 2.75) is 58.5 Å². The average Bonchev–Trinajstić information content (AvgIpc) is 3.19. The van der Waals surface area contributed by atoms with Gasteiger partial charge >= 0.3 is 0 Å². The molecule has 1 aliphatic heterocycles. The normalized spacial score (nSPS) is 22.5. The predicted molar refractivity (Wildman–Crippen MR) is 79.9 cm³/mol. The number of likely N-dealkylation sites (tertiary alicyclic amines) is 1. The van der Waals surface area contributed by atoms with Gasteiger partial charge in [0.2, 0.25) is 11.8 Å². The van der Waals surface area contributed by atoms with Crippen molar-refractivity contribution in [1.82, 2.24) is 15.4 Å². The topological polar surface area (TPSA) is 75.4 Å². The fraction of sp³-hybridized carbons (Fsp3) is 0.688. The average molecular weight is 305 g/mol. The van der Waals surface area contributed by atoms with E-state index < -0.39 is 0 Å². The van der Waals surface area contributed by atoms with Crippen molar-refractivity contribution in [3.63, 3.8) is 0 Å². The fourth-order valence-electron chi connectivity index (χ4n) is 3.55. The first kappa shape index (κ1) is 15.1. The van der Waals surface area contributed by atoms with Gasteiger partial charge in [-0.05, 0) is 26.7 Å². The van der Waals surface area contributed by atoms with Gasteiger partial charge < -0.3 is 14.7 Å². The predicted octanol–water partition coefficient (Wildman–Crippen LogP) is 1.70. The van der Waals surface area contributed by atoms with Crippen LogP contribution in [0, 0.1) is 19.8 Å². The van der Waals surface area contributed by atoms with E-state index in [1.165, 1.54) is 12.8 Å². The Morgan fingerprint density at radius 3 is 2.73 bits per heavy atom. The lowest BCUT2D eigenvalue weighted by Crippen LogP contribution is -2.36. The first-order chi connectivity index (χ1) is 10.6. The van der Waals surface area contributed by atoms with Gasteiger partial charge in [0.25, 0.3) is 0 Å². The summed E-state index contributed by atoms with van der Waals surface area (Å²) >= 11 is 0. The van der Waals surface area contributed by atoms with Crippen LogP contribution in [0.4, 0.5) is 0 Å². The second-order valence-electron chi connectivity index (χ2n) is 6.41. The minimum atomic E-state index is -0.228. The van der Waals surface area contributed by atoms with Gasteiger partial charge in [0.05, 0.1) is 11.6 Å². The zero-order valence-electron chi connectivity index (χ0n) is 13.2. The largest absolute Gasteiger partial charge is 0.361 e. The number of aromatic nitrogens is 1. The molecule has 2 heterocycles. The molecule has 120 valence electrons. The lowest BCUT2D eigenvalue weighted by atomic mass is 10.1. The van der Waals surface area contributed by atoms with Gasteiger partial charge in [0.15, 0.2) is 0 Å². The number of amides is 2. The first-order valence-corrected chi connectivity index (χ1v) is 8.05. The Morgan fingerprint density at radius 2 is 2.09 bits per heavy atom. The van der Waals surface area contributed by atoms with Gasteiger partial charge in [-0.2, -0.15) is 0 Å². The van der Waals surface area contributed by atoms with Crippen LogP contribution in [0.15, 0.2) is 4.52 Å². The van der Waals surface area contributed by atoms with Crippen molar-refractivity contribution in [2.75, 3.05) is 6.54 Å². The van der Waals surface area contributed by atoms with Gasteiger partial charge in [0.1, 0.15) is 5.76 Å². The van der Waals surface area contributed by atoms with E-state index in [1.54, 1.807) is 0 Å². The van der Waals surface area contributed by atoms with Crippen LogP contribution in [0.5, 0.6) is 0 Å². The van der Waals surface area contributed by atoms with Crippen LogP contribution in [0.3, 0.4) is 0 Å². The molecule has 1 aliphatic carbocycles. The molecule has 0 aromatic carbocycles. The van der Waals surface area contributed by atoms with Gasteiger partial charge in [-0.1, -0.05) is 18.0 Å². The van der Waals surface area contributed by atoms with E-state index in [-0.39, 0.29) is 17.7 Å². The number of nitrogens with zero attached hydrogens (tertiary/aromatic N) is 2. The fourth-order valence-corrected chi connectivity index (χ4v) is 3.55. The van der Waals surface area contributed by atoms with E-state index in [9.17, 15) is 9.59 Å². The third-order valence-corrected chi connectivity index (χ3v) is 4.92. The van der Waals surface area contributed by atoms with Gasteiger partial charge in [0, 0.05) is 31.1 Å². The SMILES string of the molecule is Cc1noc(C)c1CNC(=O)[C@H]1CC(=O)N(C2CCCC2)C1. The molecule has 6 nitrogen and oxygen atoms in total. The van der Waals surface area contributed by atoms with E-state index >= 15 is 0 Å². The number of nitrogens with one attached hydrogen (secondary N) is 1. The Labute approximate surface area is 130 Å². The molecule has 1 N–H and O–H groups in total. The smallest absolute Gasteiger partial charge is 0.225 e. The van der Waals surface area contributed by atoms with E-state index in [1.807, 2.05) is 18.7 Å². The van der Waals surface area contributed by atoms with E-state index in [0.29, 0.717) is 25.6 Å². The molecule has 1 aromatic heterocycles. The summed E-state index contributed by atoms with van der Waals surface area (Å²) in [5.74, 6) is 0.583. The van der Waals surface area contributed by atoms with Gasteiger partial charge in [-0.15, -0.1) is 0 Å². The summed E-state index contributed by atoms with van der Waals surface area (Å²) in [5, 5.41) is 6.80. The van der Waals surface area contributed by atoms with Gasteiger partial charge in [-0.3, -0.25) is 9.59 Å². The molecule has 3 rings (SSSR count). The Kier molecular flexibility index (Phi) is 4.18. The monoisotopic (exact) mass is 305 g/mol. The quantitative estimate of drug-likeness (QED) is 0.918. The Hall–Kier alpha value is -1.85. The molecule has 6 heteroatoms. The molecule has 0 spiro atoms. The minimum Gasteiger partial charge on any atom is -0.361 e.